The molecule has 1 fully saturated rings. The van der Waals surface area contributed by atoms with E-state index >= 15 is 0 Å². The van der Waals surface area contributed by atoms with Crippen molar-refractivity contribution in [3.05, 3.63) is 63.5 Å². The number of nitrogens with zero attached hydrogens (tertiary/aromatic N) is 1. The van der Waals surface area contributed by atoms with Gasteiger partial charge in [-0.05, 0) is 61.1 Å². The molecule has 2 aromatic rings. The molecule has 0 aromatic heterocycles. The fraction of sp³-hybridized carbons (Fsp3) is 0.150. The Morgan fingerprint density at radius 2 is 2.07 bits per heavy atom. The molecule has 150 valence electrons. The molecule has 6 nitrogen and oxygen atoms in total. The van der Waals surface area contributed by atoms with Crippen molar-refractivity contribution in [2.75, 3.05) is 13.7 Å². The maximum absolute atomic E-state index is 12.7. The maximum atomic E-state index is 12.7. The summed E-state index contributed by atoms with van der Waals surface area (Å²) in [6.45, 7) is 2.40. The monoisotopic (exact) mass is 448 g/mol. The fourth-order valence-corrected chi connectivity index (χ4v) is 3.93. The van der Waals surface area contributed by atoms with Crippen LogP contribution in [0.1, 0.15) is 22.8 Å². The van der Waals surface area contributed by atoms with Crippen molar-refractivity contribution in [2.45, 2.75) is 6.92 Å². The summed E-state index contributed by atoms with van der Waals surface area (Å²) in [6, 6.07) is 11.8. The Kier molecular flexibility index (Phi) is 6.79. The average molecular weight is 449 g/mol. The number of rotatable bonds is 6. The fourth-order valence-electron chi connectivity index (χ4n) is 2.56. The van der Waals surface area contributed by atoms with Crippen LogP contribution < -0.4 is 14.9 Å². The summed E-state index contributed by atoms with van der Waals surface area (Å²) in [7, 11) is 1.55. The van der Waals surface area contributed by atoms with E-state index in [4.69, 9.17) is 33.3 Å². The second kappa shape index (κ2) is 9.30. The summed E-state index contributed by atoms with van der Waals surface area (Å²) in [6.07, 6.45) is 1.68. The SMILES string of the molecule is CCOc1ccc(C=C2SC(=S)N(NC(=O)c3cccc(Cl)c3)C2=O)cc1OC. The molecule has 0 atom stereocenters. The van der Waals surface area contributed by atoms with Crippen LogP contribution in [-0.2, 0) is 4.79 Å². The minimum Gasteiger partial charge on any atom is -0.493 e. The molecule has 1 N–H and O–H groups in total. The number of methoxy groups -OCH3 is 1. The molecule has 1 saturated heterocycles. The number of thiocarbonyl (C=S) groups is 1. The minimum absolute atomic E-state index is 0.231. The topological polar surface area (TPSA) is 67.9 Å². The van der Waals surface area contributed by atoms with E-state index in [9.17, 15) is 9.59 Å². The van der Waals surface area contributed by atoms with Crippen LogP contribution in [-0.4, -0.2) is 34.9 Å². The van der Waals surface area contributed by atoms with E-state index in [1.807, 2.05) is 13.0 Å². The van der Waals surface area contributed by atoms with Crippen molar-refractivity contribution >= 4 is 57.8 Å². The number of ether oxygens (including phenoxy) is 2. The van der Waals surface area contributed by atoms with Crippen LogP contribution in [0.2, 0.25) is 5.02 Å². The largest absolute Gasteiger partial charge is 0.493 e. The normalized spacial score (nSPS) is 15.0. The van der Waals surface area contributed by atoms with E-state index in [2.05, 4.69) is 5.43 Å². The van der Waals surface area contributed by atoms with E-state index < -0.39 is 11.8 Å². The third kappa shape index (κ3) is 4.90. The van der Waals surface area contributed by atoms with Crippen LogP contribution in [0.15, 0.2) is 47.4 Å². The average Bonchev–Trinajstić information content (AvgIpc) is 2.96. The lowest BCUT2D eigenvalue weighted by Gasteiger charge is -2.15. The first-order valence-corrected chi connectivity index (χ1v) is 10.2. The maximum Gasteiger partial charge on any atom is 0.285 e. The number of halogens is 1. The van der Waals surface area contributed by atoms with Crippen molar-refractivity contribution in [3.8, 4) is 11.5 Å². The van der Waals surface area contributed by atoms with Crippen LogP contribution in [0.3, 0.4) is 0 Å². The number of hydrazine groups is 1. The van der Waals surface area contributed by atoms with Crippen LogP contribution in [0, 0.1) is 0 Å². The molecule has 1 aliphatic rings. The van der Waals surface area contributed by atoms with E-state index in [0.717, 1.165) is 22.3 Å². The molecular weight excluding hydrogens is 432 g/mol. The molecule has 0 unspecified atom stereocenters. The predicted molar refractivity (Wildman–Crippen MR) is 118 cm³/mol. The van der Waals surface area contributed by atoms with Crippen molar-refractivity contribution < 1.29 is 19.1 Å². The van der Waals surface area contributed by atoms with Gasteiger partial charge in [0.25, 0.3) is 11.8 Å². The first-order valence-electron chi connectivity index (χ1n) is 8.58. The molecule has 0 saturated carbocycles. The zero-order valence-electron chi connectivity index (χ0n) is 15.6. The molecule has 29 heavy (non-hydrogen) atoms. The standard InChI is InChI=1S/C20H17ClN2O4S2/c1-3-27-15-8-7-12(9-16(15)26-2)10-17-19(25)23(20(28)29-17)22-18(24)13-5-4-6-14(21)11-13/h4-11H,3H2,1-2H3,(H,22,24). The zero-order chi connectivity index (χ0) is 21.0. The lowest BCUT2D eigenvalue weighted by Crippen LogP contribution is -2.44. The van der Waals surface area contributed by atoms with Gasteiger partial charge in [-0.1, -0.05) is 35.5 Å². The second-order valence-electron chi connectivity index (χ2n) is 5.81. The summed E-state index contributed by atoms with van der Waals surface area (Å²) in [5.74, 6) is 0.287. The number of hydrogen-bond donors (Lipinski definition) is 1. The second-order valence-corrected chi connectivity index (χ2v) is 7.92. The Balaban J connectivity index is 1.78. The highest BCUT2D eigenvalue weighted by molar-refractivity contribution is 8.26. The van der Waals surface area contributed by atoms with Gasteiger partial charge < -0.3 is 9.47 Å². The van der Waals surface area contributed by atoms with Gasteiger partial charge >= 0.3 is 0 Å². The van der Waals surface area contributed by atoms with Gasteiger partial charge in [0.15, 0.2) is 15.8 Å². The number of amides is 2. The smallest absolute Gasteiger partial charge is 0.285 e. The summed E-state index contributed by atoms with van der Waals surface area (Å²) in [5, 5.41) is 1.48. The Morgan fingerprint density at radius 3 is 2.76 bits per heavy atom. The van der Waals surface area contributed by atoms with Gasteiger partial charge in [-0.25, -0.2) is 0 Å². The predicted octanol–water partition coefficient (Wildman–Crippen LogP) is 4.29. The van der Waals surface area contributed by atoms with Crippen LogP contribution >= 0.6 is 35.6 Å². The molecule has 1 heterocycles. The third-order valence-electron chi connectivity index (χ3n) is 3.88. The number of benzene rings is 2. The van der Waals surface area contributed by atoms with E-state index in [0.29, 0.717) is 33.6 Å². The lowest BCUT2D eigenvalue weighted by molar-refractivity contribution is -0.123. The van der Waals surface area contributed by atoms with Crippen molar-refractivity contribution in [1.29, 1.82) is 0 Å². The van der Waals surface area contributed by atoms with Crippen molar-refractivity contribution in [2.24, 2.45) is 0 Å². The van der Waals surface area contributed by atoms with Gasteiger partial charge in [-0.15, -0.1) is 0 Å². The molecule has 0 radical (unpaired) electrons. The number of hydrogen-bond acceptors (Lipinski definition) is 6. The summed E-state index contributed by atoms with van der Waals surface area (Å²) >= 11 is 12.3. The van der Waals surface area contributed by atoms with Gasteiger partial charge in [0.05, 0.1) is 18.6 Å². The number of thioether (sulfide) groups is 1. The Bertz CT molecular complexity index is 1010. The summed E-state index contributed by atoms with van der Waals surface area (Å²) < 4.78 is 11.1. The van der Waals surface area contributed by atoms with E-state index in [1.165, 1.54) is 6.07 Å². The molecule has 0 bridgehead atoms. The lowest BCUT2D eigenvalue weighted by atomic mass is 10.2. The van der Waals surface area contributed by atoms with E-state index in [-0.39, 0.29) is 4.32 Å². The molecule has 0 aliphatic carbocycles. The van der Waals surface area contributed by atoms with Gasteiger partial charge in [0, 0.05) is 10.6 Å². The number of nitrogens with one attached hydrogen (secondary N) is 1. The third-order valence-corrected chi connectivity index (χ3v) is 5.42. The molecule has 9 heteroatoms. The molecule has 0 spiro atoms. The molecule has 2 amide bonds. The summed E-state index contributed by atoms with van der Waals surface area (Å²) in [5.41, 5.74) is 3.59. The van der Waals surface area contributed by atoms with Crippen LogP contribution in [0.25, 0.3) is 6.08 Å². The highest BCUT2D eigenvalue weighted by Gasteiger charge is 2.33. The van der Waals surface area contributed by atoms with E-state index in [1.54, 1.807) is 43.5 Å². The minimum atomic E-state index is -0.479. The molecular formula is C20H17ClN2O4S2. The first kappa shape index (κ1) is 21.2. The zero-order valence-corrected chi connectivity index (χ0v) is 18.0. The summed E-state index contributed by atoms with van der Waals surface area (Å²) in [4.78, 5) is 25.5. The number of carbonyl (C=O) groups excluding carboxylic acids is 2. The number of carbonyl (C=O) groups is 2. The Hall–Kier alpha value is -2.55. The Labute approximate surface area is 182 Å². The van der Waals surface area contributed by atoms with Gasteiger partial charge in [0.2, 0.25) is 0 Å². The quantitative estimate of drug-likeness (QED) is 0.525. The van der Waals surface area contributed by atoms with Gasteiger partial charge in [-0.3, -0.25) is 15.0 Å². The van der Waals surface area contributed by atoms with Crippen molar-refractivity contribution in [1.82, 2.24) is 10.4 Å². The van der Waals surface area contributed by atoms with Crippen LogP contribution in [0.4, 0.5) is 0 Å². The molecule has 1 aliphatic heterocycles. The Morgan fingerprint density at radius 1 is 1.28 bits per heavy atom. The van der Waals surface area contributed by atoms with Gasteiger partial charge in [0.1, 0.15) is 0 Å². The highest BCUT2D eigenvalue weighted by Crippen LogP contribution is 2.34. The first-order chi connectivity index (χ1) is 13.9. The molecule has 2 aromatic carbocycles. The highest BCUT2D eigenvalue weighted by atomic mass is 35.5. The molecule has 3 rings (SSSR count). The van der Waals surface area contributed by atoms with Gasteiger partial charge in [-0.2, -0.15) is 5.01 Å². The van der Waals surface area contributed by atoms with Crippen molar-refractivity contribution in [3.63, 3.8) is 0 Å². The van der Waals surface area contributed by atoms with Crippen LogP contribution in [0.5, 0.6) is 11.5 Å².